The molecule has 2 aromatic heterocycles. The van der Waals surface area contributed by atoms with Crippen LogP contribution >= 0.6 is 0 Å². The molecular formula is C26H26N6O4. The third-order valence-corrected chi connectivity index (χ3v) is 5.18. The number of carbonyl (C=O) groups excluding carboxylic acids is 1. The highest BCUT2D eigenvalue weighted by Gasteiger charge is 2.13. The fraction of sp³-hybridized carbons (Fsp3) is 0.154. The van der Waals surface area contributed by atoms with Gasteiger partial charge in [-0.1, -0.05) is 0 Å². The molecule has 0 radical (unpaired) electrons. The minimum absolute atomic E-state index is 0.408. The van der Waals surface area contributed by atoms with E-state index in [1.165, 1.54) is 0 Å². The monoisotopic (exact) mass is 486 g/mol. The van der Waals surface area contributed by atoms with Crippen LogP contribution < -0.4 is 30.2 Å². The van der Waals surface area contributed by atoms with Gasteiger partial charge in [-0.15, -0.1) is 0 Å². The SMILES string of the molecule is CNc1nccc(-c2cccnc2Oc2ccc(NC(=O)Nc3cc(OC)cc(OC)c3)cc2C)n1. The van der Waals surface area contributed by atoms with Gasteiger partial charge in [0.05, 0.1) is 25.5 Å². The minimum atomic E-state index is -0.408. The summed E-state index contributed by atoms with van der Waals surface area (Å²) in [5, 5.41) is 8.53. The number of urea groups is 1. The summed E-state index contributed by atoms with van der Waals surface area (Å²) in [5.74, 6) is 2.65. The Hall–Kier alpha value is -4.86. The highest BCUT2D eigenvalue weighted by molar-refractivity contribution is 6.00. The number of nitrogens with zero attached hydrogens (tertiary/aromatic N) is 3. The van der Waals surface area contributed by atoms with Gasteiger partial charge in [0.1, 0.15) is 17.2 Å². The van der Waals surface area contributed by atoms with Crippen molar-refractivity contribution < 1.29 is 19.0 Å². The van der Waals surface area contributed by atoms with Crippen LogP contribution in [0.2, 0.25) is 0 Å². The van der Waals surface area contributed by atoms with Crippen LogP contribution in [0.25, 0.3) is 11.3 Å². The first kappa shape index (κ1) is 24.3. The lowest BCUT2D eigenvalue weighted by molar-refractivity contribution is 0.262. The Morgan fingerprint density at radius 2 is 1.61 bits per heavy atom. The lowest BCUT2D eigenvalue weighted by Crippen LogP contribution is -2.19. The second-order valence-corrected chi connectivity index (χ2v) is 7.63. The molecule has 2 amide bonds. The molecule has 0 atom stereocenters. The van der Waals surface area contributed by atoms with Gasteiger partial charge in [0.25, 0.3) is 0 Å². The Morgan fingerprint density at radius 1 is 0.861 bits per heavy atom. The number of methoxy groups -OCH3 is 2. The molecule has 2 heterocycles. The fourth-order valence-corrected chi connectivity index (χ4v) is 3.42. The van der Waals surface area contributed by atoms with Crippen molar-refractivity contribution in [2.45, 2.75) is 6.92 Å². The lowest BCUT2D eigenvalue weighted by atomic mass is 10.2. The van der Waals surface area contributed by atoms with Gasteiger partial charge in [-0.3, -0.25) is 0 Å². The van der Waals surface area contributed by atoms with E-state index < -0.39 is 6.03 Å². The van der Waals surface area contributed by atoms with Gasteiger partial charge in [0.2, 0.25) is 11.8 Å². The molecule has 0 unspecified atom stereocenters. The van der Waals surface area contributed by atoms with E-state index in [-0.39, 0.29) is 0 Å². The molecular weight excluding hydrogens is 460 g/mol. The van der Waals surface area contributed by atoms with E-state index in [9.17, 15) is 4.79 Å². The van der Waals surface area contributed by atoms with Gasteiger partial charge in [-0.05, 0) is 48.9 Å². The van der Waals surface area contributed by atoms with Crippen molar-refractivity contribution in [1.82, 2.24) is 15.0 Å². The number of anilines is 3. The highest BCUT2D eigenvalue weighted by atomic mass is 16.5. The Balaban J connectivity index is 1.48. The first-order valence-corrected chi connectivity index (χ1v) is 11.0. The normalized spacial score (nSPS) is 10.3. The van der Waals surface area contributed by atoms with Gasteiger partial charge in [0, 0.05) is 49.0 Å². The molecule has 0 bridgehead atoms. The molecule has 0 spiro atoms. The molecule has 0 aliphatic carbocycles. The second kappa shape index (κ2) is 11.0. The van der Waals surface area contributed by atoms with E-state index in [1.54, 1.807) is 70.1 Å². The fourth-order valence-electron chi connectivity index (χ4n) is 3.42. The number of aryl methyl sites for hydroxylation is 1. The number of rotatable bonds is 8. The summed E-state index contributed by atoms with van der Waals surface area (Å²) in [5.41, 5.74) is 3.36. The summed E-state index contributed by atoms with van der Waals surface area (Å²) >= 11 is 0. The van der Waals surface area contributed by atoms with Crippen LogP contribution in [0.3, 0.4) is 0 Å². The largest absolute Gasteiger partial charge is 0.497 e. The second-order valence-electron chi connectivity index (χ2n) is 7.63. The maximum atomic E-state index is 12.6. The summed E-state index contributed by atoms with van der Waals surface area (Å²) in [6.45, 7) is 1.89. The van der Waals surface area contributed by atoms with E-state index in [1.807, 2.05) is 25.1 Å². The maximum Gasteiger partial charge on any atom is 0.323 e. The van der Waals surface area contributed by atoms with Crippen molar-refractivity contribution in [3.8, 4) is 34.4 Å². The van der Waals surface area contributed by atoms with Crippen molar-refractivity contribution in [1.29, 1.82) is 0 Å². The molecule has 3 N–H and O–H groups in total. The van der Waals surface area contributed by atoms with Crippen LogP contribution in [0.5, 0.6) is 23.1 Å². The molecule has 10 heteroatoms. The Morgan fingerprint density at radius 3 is 2.31 bits per heavy atom. The van der Waals surface area contributed by atoms with Crippen molar-refractivity contribution in [3.63, 3.8) is 0 Å². The molecule has 2 aromatic carbocycles. The standard InChI is InChI=1S/C26H26N6O4/c1-16-12-17(30-26(33)31-18-13-19(34-3)15-20(14-18)35-4)7-8-23(16)36-24-21(6-5-10-28-24)22-9-11-29-25(27-2)32-22/h5-15H,1-4H3,(H,27,29,32)(H2,30,31,33). The van der Waals surface area contributed by atoms with E-state index >= 15 is 0 Å². The Labute approximate surface area is 208 Å². The number of aromatic nitrogens is 3. The summed E-state index contributed by atoms with van der Waals surface area (Å²) in [7, 11) is 4.85. The van der Waals surface area contributed by atoms with Crippen LogP contribution in [-0.4, -0.2) is 42.3 Å². The van der Waals surface area contributed by atoms with Gasteiger partial charge in [0.15, 0.2) is 0 Å². The number of benzene rings is 2. The number of ether oxygens (including phenoxy) is 3. The Kier molecular flexibility index (Phi) is 7.45. The predicted octanol–water partition coefficient (Wildman–Crippen LogP) is 5.34. The van der Waals surface area contributed by atoms with Crippen molar-refractivity contribution in [2.24, 2.45) is 0 Å². The topological polar surface area (TPSA) is 120 Å². The number of hydrogen-bond donors (Lipinski definition) is 3. The third kappa shape index (κ3) is 5.79. The van der Waals surface area contributed by atoms with E-state index in [0.29, 0.717) is 46.1 Å². The summed E-state index contributed by atoms with van der Waals surface area (Å²) < 4.78 is 16.6. The third-order valence-electron chi connectivity index (χ3n) is 5.18. The zero-order valence-corrected chi connectivity index (χ0v) is 20.3. The molecule has 0 fully saturated rings. The lowest BCUT2D eigenvalue weighted by Gasteiger charge is -2.14. The molecule has 4 aromatic rings. The molecule has 0 saturated carbocycles. The molecule has 0 aliphatic rings. The van der Waals surface area contributed by atoms with E-state index in [2.05, 4.69) is 30.9 Å². The van der Waals surface area contributed by atoms with E-state index in [4.69, 9.17) is 14.2 Å². The maximum absolute atomic E-state index is 12.6. The summed E-state index contributed by atoms with van der Waals surface area (Å²) in [6, 6.07) is 15.5. The minimum Gasteiger partial charge on any atom is -0.497 e. The molecule has 0 aliphatic heterocycles. The van der Waals surface area contributed by atoms with Crippen LogP contribution in [0.4, 0.5) is 22.1 Å². The van der Waals surface area contributed by atoms with Crippen LogP contribution in [0.15, 0.2) is 67.0 Å². The summed E-state index contributed by atoms with van der Waals surface area (Å²) in [4.78, 5) is 25.6. The number of carbonyl (C=O) groups is 1. The molecule has 184 valence electrons. The molecule has 4 rings (SSSR count). The average Bonchev–Trinajstić information content (AvgIpc) is 2.90. The molecule has 36 heavy (non-hydrogen) atoms. The predicted molar refractivity (Wildman–Crippen MR) is 138 cm³/mol. The quantitative estimate of drug-likeness (QED) is 0.305. The molecule has 0 saturated heterocycles. The number of pyridine rings is 1. The smallest absolute Gasteiger partial charge is 0.323 e. The highest BCUT2D eigenvalue weighted by Crippen LogP contribution is 2.33. The number of nitrogens with one attached hydrogen (secondary N) is 3. The first-order valence-electron chi connectivity index (χ1n) is 11.0. The van der Waals surface area contributed by atoms with Crippen LogP contribution in [-0.2, 0) is 0 Å². The Bertz CT molecular complexity index is 1360. The van der Waals surface area contributed by atoms with Crippen LogP contribution in [0, 0.1) is 6.92 Å². The van der Waals surface area contributed by atoms with E-state index in [0.717, 1.165) is 11.1 Å². The van der Waals surface area contributed by atoms with Crippen molar-refractivity contribution in [2.75, 3.05) is 37.2 Å². The average molecular weight is 487 g/mol. The van der Waals surface area contributed by atoms with Gasteiger partial charge in [-0.25, -0.2) is 19.7 Å². The van der Waals surface area contributed by atoms with Gasteiger partial charge >= 0.3 is 6.03 Å². The first-order chi connectivity index (χ1) is 17.5. The number of amides is 2. The zero-order valence-electron chi connectivity index (χ0n) is 20.3. The molecule has 10 nitrogen and oxygen atoms in total. The van der Waals surface area contributed by atoms with Gasteiger partial charge < -0.3 is 30.2 Å². The summed E-state index contributed by atoms with van der Waals surface area (Å²) in [6.07, 6.45) is 3.32. The van der Waals surface area contributed by atoms with Crippen LogP contribution in [0.1, 0.15) is 5.56 Å². The van der Waals surface area contributed by atoms with Crippen molar-refractivity contribution in [3.05, 3.63) is 72.6 Å². The number of hydrogen-bond acceptors (Lipinski definition) is 8. The zero-order chi connectivity index (χ0) is 25.5. The van der Waals surface area contributed by atoms with Gasteiger partial charge in [-0.2, -0.15) is 0 Å². The van der Waals surface area contributed by atoms with Crippen molar-refractivity contribution >= 4 is 23.4 Å².